The second kappa shape index (κ2) is 15.8. The van der Waals surface area contributed by atoms with Crippen molar-refractivity contribution in [1.82, 2.24) is 0 Å². The van der Waals surface area contributed by atoms with Gasteiger partial charge in [-0.05, 0) is 19.3 Å². The summed E-state index contributed by atoms with van der Waals surface area (Å²) in [6.07, 6.45) is 16.0. The molecule has 5 heteroatoms. The molecule has 3 atom stereocenters. The summed E-state index contributed by atoms with van der Waals surface area (Å²) in [7, 11) is 0. The van der Waals surface area contributed by atoms with Crippen LogP contribution in [0.1, 0.15) is 51.9 Å². The van der Waals surface area contributed by atoms with E-state index in [0.717, 1.165) is 25.7 Å². The van der Waals surface area contributed by atoms with Crippen LogP contribution in [0.5, 0.6) is 0 Å². The topological polar surface area (TPSA) is 98.0 Å². The van der Waals surface area contributed by atoms with E-state index in [2.05, 4.69) is 6.92 Å². The fourth-order valence-corrected chi connectivity index (χ4v) is 2.09. The molecule has 0 fully saturated rings. The minimum atomic E-state index is -1.01. The molecule has 0 aromatic carbocycles. The zero-order valence-electron chi connectivity index (χ0n) is 15.0. The first-order chi connectivity index (χ1) is 12.0. The smallest absolute Gasteiger partial charge is 0.303 e. The van der Waals surface area contributed by atoms with E-state index in [4.69, 9.17) is 5.11 Å². The minimum Gasteiger partial charge on any atom is -0.481 e. The molecular weight excluding hydrogens is 320 g/mol. The number of unbranched alkanes of at least 4 members (excludes halogenated alkanes) is 2. The van der Waals surface area contributed by atoms with Gasteiger partial charge in [0.25, 0.3) is 0 Å². The number of hydrogen-bond acceptors (Lipinski definition) is 4. The number of aliphatic hydroxyl groups is 3. The minimum absolute atomic E-state index is 0.0149. The van der Waals surface area contributed by atoms with Gasteiger partial charge in [-0.15, -0.1) is 0 Å². The largest absolute Gasteiger partial charge is 0.481 e. The number of allylic oxidation sites excluding steroid dienone is 6. The van der Waals surface area contributed by atoms with Gasteiger partial charge in [0.1, 0.15) is 0 Å². The molecule has 0 radical (unpaired) electrons. The summed E-state index contributed by atoms with van der Waals surface area (Å²) in [5.74, 6) is -0.908. The Balaban J connectivity index is 3.97. The van der Waals surface area contributed by atoms with E-state index in [1.54, 1.807) is 36.5 Å². The van der Waals surface area contributed by atoms with Gasteiger partial charge >= 0.3 is 5.97 Å². The second-order valence-electron chi connectivity index (χ2n) is 5.95. The molecule has 0 spiro atoms. The van der Waals surface area contributed by atoms with Crippen molar-refractivity contribution >= 4 is 5.97 Å². The van der Waals surface area contributed by atoms with E-state index in [9.17, 15) is 20.1 Å². The summed E-state index contributed by atoms with van der Waals surface area (Å²) < 4.78 is 0. The number of hydrogen-bond donors (Lipinski definition) is 4. The molecule has 25 heavy (non-hydrogen) atoms. The molecule has 0 bridgehead atoms. The number of carbonyl (C=O) groups is 1. The van der Waals surface area contributed by atoms with Gasteiger partial charge in [-0.3, -0.25) is 4.79 Å². The molecule has 5 nitrogen and oxygen atoms in total. The molecule has 0 aliphatic rings. The van der Waals surface area contributed by atoms with E-state index < -0.39 is 24.3 Å². The third kappa shape index (κ3) is 15.6. The molecular formula is C20H32O5. The van der Waals surface area contributed by atoms with Crippen LogP contribution in [0.25, 0.3) is 0 Å². The lowest BCUT2D eigenvalue weighted by atomic mass is 10.1. The van der Waals surface area contributed by atoms with E-state index in [-0.39, 0.29) is 12.8 Å². The monoisotopic (exact) mass is 352 g/mol. The average Bonchev–Trinajstić information content (AvgIpc) is 2.56. The third-order valence-corrected chi connectivity index (χ3v) is 3.59. The fraction of sp³-hybridized carbons (Fsp3) is 0.550. The Labute approximate surface area is 150 Å². The quantitative estimate of drug-likeness (QED) is 0.284. The number of rotatable bonds is 14. The molecule has 0 amide bonds. The van der Waals surface area contributed by atoms with Crippen LogP contribution in [-0.4, -0.2) is 44.7 Å². The predicted octanol–water partition coefficient (Wildman–Crippen LogP) is 3.13. The van der Waals surface area contributed by atoms with Crippen molar-refractivity contribution in [2.75, 3.05) is 0 Å². The Morgan fingerprint density at radius 1 is 0.840 bits per heavy atom. The molecule has 0 heterocycles. The van der Waals surface area contributed by atoms with Crippen LogP contribution in [0.3, 0.4) is 0 Å². The summed E-state index contributed by atoms with van der Waals surface area (Å²) in [6, 6.07) is 0. The zero-order valence-corrected chi connectivity index (χ0v) is 15.0. The van der Waals surface area contributed by atoms with Crippen molar-refractivity contribution in [3.8, 4) is 0 Å². The first-order valence-corrected chi connectivity index (χ1v) is 8.91. The molecule has 0 unspecified atom stereocenters. The number of aliphatic carboxylic acids is 1. The Kier molecular flexibility index (Phi) is 14.7. The SMILES string of the molecule is CCCCC[C@@H](O)C=CC=CC=CC=C[C@@H](O)[C@@H](O)CCCC(=O)O. The molecule has 0 saturated carbocycles. The van der Waals surface area contributed by atoms with Gasteiger partial charge < -0.3 is 20.4 Å². The Hall–Kier alpha value is -1.69. The highest BCUT2D eigenvalue weighted by Crippen LogP contribution is 2.06. The van der Waals surface area contributed by atoms with Crippen molar-refractivity contribution in [3.05, 3.63) is 48.6 Å². The van der Waals surface area contributed by atoms with Crippen molar-refractivity contribution in [3.63, 3.8) is 0 Å². The summed E-state index contributed by atoms with van der Waals surface area (Å²) >= 11 is 0. The van der Waals surface area contributed by atoms with Crippen molar-refractivity contribution in [1.29, 1.82) is 0 Å². The van der Waals surface area contributed by atoms with Gasteiger partial charge in [0.2, 0.25) is 0 Å². The lowest BCUT2D eigenvalue weighted by Gasteiger charge is -2.13. The summed E-state index contributed by atoms with van der Waals surface area (Å²) in [5.41, 5.74) is 0. The average molecular weight is 352 g/mol. The van der Waals surface area contributed by atoms with Crippen LogP contribution in [0.2, 0.25) is 0 Å². The van der Waals surface area contributed by atoms with Crippen molar-refractivity contribution < 1.29 is 25.2 Å². The maximum Gasteiger partial charge on any atom is 0.303 e. The molecule has 142 valence electrons. The summed E-state index contributed by atoms with van der Waals surface area (Å²) in [4.78, 5) is 10.4. The maximum absolute atomic E-state index is 10.4. The van der Waals surface area contributed by atoms with Crippen LogP contribution in [0, 0.1) is 0 Å². The Morgan fingerprint density at radius 2 is 1.44 bits per heavy atom. The highest BCUT2D eigenvalue weighted by molar-refractivity contribution is 5.66. The van der Waals surface area contributed by atoms with Crippen molar-refractivity contribution in [2.45, 2.75) is 70.2 Å². The van der Waals surface area contributed by atoms with Gasteiger partial charge in [-0.1, -0.05) is 74.8 Å². The third-order valence-electron chi connectivity index (χ3n) is 3.59. The maximum atomic E-state index is 10.4. The van der Waals surface area contributed by atoms with Crippen LogP contribution in [0.15, 0.2) is 48.6 Å². The van der Waals surface area contributed by atoms with Gasteiger partial charge in [0.15, 0.2) is 0 Å². The van der Waals surface area contributed by atoms with E-state index in [1.807, 2.05) is 6.08 Å². The van der Waals surface area contributed by atoms with Crippen LogP contribution >= 0.6 is 0 Å². The number of aliphatic hydroxyl groups excluding tert-OH is 3. The van der Waals surface area contributed by atoms with E-state index in [0.29, 0.717) is 6.42 Å². The Morgan fingerprint density at radius 3 is 2.04 bits per heavy atom. The van der Waals surface area contributed by atoms with Gasteiger partial charge in [-0.25, -0.2) is 0 Å². The van der Waals surface area contributed by atoms with E-state index in [1.165, 1.54) is 6.08 Å². The standard InChI is InChI=1S/C20H32O5/c1-2-3-8-12-17(21)13-9-6-4-5-7-10-14-18(22)19(23)15-11-16-20(24)25/h4-7,9-10,13-14,17-19,21-23H,2-3,8,11-12,15-16H2,1H3,(H,24,25)/t17-,18-,19+/m1/s1. The van der Waals surface area contributed by atoms with Gasteiger partial charge in [0.05, 0.1) is 18.3 Å². The molecule has 4 N–H and O–H groups in total. The normalized spacial score (nSPS) is 16.3. The Bertz CT molecular complexity index is 451. The summed E-state index contributed by atoms with van der Waals surface area (Å²) in [6.45, 7) is 2.13. The molecule has 0 aromatic rings. The van der Waals surface area contributed by atoms with Crippen LogP contribution in [-0.2, 0) is 4.79 Å². The lowest BCUT2D eigenvalue weighted by molar-refractivity contribution is -0.137. The van der Waals surface area contributed by atoms with Crippen molar-refractivity contribution in [2.24, 2.45) is 0 Å². The zero-order chi connectivity index (χ0) is 18.9. The molecule has 0 saturated heterocycles. The van der Waals surface area contributed by atoms with Crippen LogP contribution in [0.4, 0.5) is 0 Å². The molecule has 0 aliphatic carbocycles. The second-order valence-corrected chi connectivity index (χ2v) is 5.95. The number of carboxylic acid groups (broad SMARTS) is 1. The first kappa shape index (κ1) is 23.3. The molecule has 0 aromatic heterocycles. The van der Waals surface area contributed by atoms with Gasteiger partial charge in [-0.2, -0.15) is 0 Å². The fourth-order valence-electron chi connectivity index (χ4n) is 2.09. The highest BCUT2D eigenvalue weighted by atomic mass is 16.4. The van der Waals surface area contributed by atoms with E-state index >= 15 is 0 Å². The lowest BCUT2D eigenvalue weighted by Crippen LogP contribution is -2.23. The van der Waals surface area contributed by atoms with Crippen LogP contribution < -0.4 is 0 Å². The first-order valence-electron chi connectivity index (χ1n) is 8.91. The highest BCUT2D eigenvalue weighted by Gasteiger charge is 2.12. The molecule has 0 aliphatic heterocycles. The van der Waals surface area contributed by atoms with Gasteiger partial charge in [0, 0.05) is 6.42 Å². The molecule has 0 rings (SSSR count). The summed E-state index contributed by atoms with van der Waals surface area (Å²) in [5, 5.41) is 37.6. The predicted molar refractivity (Wildman–Crippen MR) is 100 cm³/mol. The number of carboxylic acids is 1.